The molecule has 0 bridgehead atoms. The number of fused-ring (bicyclic) bond motifs is 1. The smallest absolute Gasteiger partial charge is 0.206 e. The monoisotopic (exact) mass is 264 g/mol. The van der Waals surface area contributed by atoms with E-state index in [9.17, 15) is 9.90 Å². The van der Waals surface area contributed by atoms with E-state index < -0.39 is 6.10 Å². The Morgan fingerprint density at radius 2 is 2.11 bits per heavy atom. The number of hydrogen-bond donors (Lipinski definition) is 2. The van der Waals surface area contributed by atoms with Crippen LogP contribution in [0, 0.1) is 6.92 Å². The zero-order valence-electron chi connectivity index (χ0n) is 10.7. The van der Waals surface area contributed by atoms with Gasteiger partial charge in [0.1, 0.15) is 11.3 Å². The van der Waals surface area contributed by atoms with Crippen molar-refractivity contribution in [1.29, 1.82) is 0 Å². The lowest BCUT2D eigenvalue weighted by Crippen LogP contribution is -2.08. The standard InChI is InChI=1S/C14H16O3S/c1-4-11-14(18)12(16)10-6-7(2)5-9(8(3)15)13(10)17-11/h5-6,8,15,18H,4H2,1-3H3. The van der Waals surface area contributed by atoms with Crippen LogP contribution < -0.4 is 5.43 Å². The molecule has 0 fully saturated rings. The highest BCUT2D eigenvalue weighted by atomic mass is 32.1. The maximum atomic E-state index is 12.2. The predicted molar refractivity (Wildman–Crippen MR) is 74.5 cm³/mol. The summed E-state index contributed by atoms with van der Waals surface area (Å²) in [6.45, 7) is 5.45. The van der Waals surface area contributed by atoms with Crippen LogP contribution in [0.2, 0.25) is 0 Å². The van der Waals surface area contributed by atoms with E-state index in [0.717, 1.165) is 5.56 Å². The van der Waals surface area contributed by atoms with E-state index in [1.165, 1.54) is 0 Å². The van der Waals surface area contributed by atoms with Crippen LogP contribution in [0.15, 0.2) is 26.2 Å². The van der Waals surface area contributed by atoms with Crippen LogP contribution in [0.1, 0.15) is 36.8 Å². The van der Waals surface area contributed by atoms with Crippen molar-refractivity contribution in [2.45, 2.75) is 38.2 Å². The molecule has 0 spiro atoms. The van der Waals surface area contributed by atoms with Crippen molar-refractivity contribution >= 4 is 23.6 Å². The number of aliphatic hydroxyl groups excluding tert-OH is 1. The summed E-state index contributed by atoms with van der Waals surface area (Å²) in [5, 5.41) is 10.3. The molecule has 4 heteroatoms. The second kappa shape index (κ2) is 4.78. The Hall–Kier alpha value is -1.26. The fourth-order valence-electron chi connectivity index (χ4n) is 2.06. The molecule has 18 heavy (non-hydrogen) atoms. The zero-order chi connectivity index (χ0) is 13.4. The van der Waals surface area contributed by atoms with Crippen LogP contribution >= 0.6 is 12.6 Å². The number of rotatable bonds is 2. The number of thiol groups is 1. The van der Waals surface area contributed by atoms with Crippen LogP contribution in [0.25, 0.3) is 11.0 Å². The minimum atomic E-state index is -0.675. The van der Waals surface area contributed by atoms with Gasteiger partial charge in [-0.15, -0.1) is 12.6 Å². The fraction of sp³-hybridized carbons (Fsp3) is 0.357. The molecule has 2 rings (SSSR count). The van der Waals surface area contributed by atoms with E-state index in [-0.39, 0.29) is 5.43 Å². The molecule has 0 aliphatic carbocycles. The van der Waals surface area contributed by atoms with Crippen molar-refractivity contribution in [2.75, 3.05) is 0 Å². The third-order valence-electron chi connectivity index (χ3n) is 2.98. The third-order valence-corrected chi connectivity index (χ3v) is 3.43. The Bertz CT molecular complexity index is 656. The van der Waals surface area contributed by atoms with Gasteiger partial charge < -0.3 is 9.52 Å². The highest BCUT2D eigenvalue weighted by Crippen LogP contribution is 2.27. The molecule has 1 heterocycles. The molecule has 1 unspecified atom stereocenters. The van der Waals surface area contributed by atoms with E-state index in [2.05, 4.69) is 12.6 Å². The average molecular weight is 264 g/mol. The van der Waals surface area contributed by atoms with Gasteiger partial charge in [0.05, 0.1) is 16.4 Å². The van der Waals surface area contributed by atoms with Crippen molar-refractivity contribution in [2.24, 2.45) is 0 Å². The first-order valence-electron chi connectivity index (χ1n) is 5.93. The van der Waals surface area contributed by atoms with E-state index in [4.69, 9.17) is 4.42 Å². The maximum absolute atomic E-state index is 12.2. The molecule has 1 atom stereocenters. The van der Waals surface area contributed by atoms with Gasteiger partial charge >= 0.3 is 0 Å². The lowest BCUT2D eigenvalue weighted by Gasteiger charge is -2.11. The van der Waals surface area contributed by atoms with Crippen LogP contribution in [-0.4, -0.2) is 5.11 Å². The summed E-state index contributed by atoms with van der Waals surface area (Å²) >= 11 is 4.22. The van der Waals surface area contributed by atoms with Crippen molar-refractivity contribution in [3.05, 3.63) is 39.2 Å². The summed E-state index contributed by atoms with van der Waals surface area (Å²) in [5.74, 6) is 0.557. The molecular weight excluding hydrogens is 248 g/mol. The fourth-order valence-corrected chi connectivity index (χ4v) is 2.38. The van der Waals surface area contributed by atoms with Gasteiger partial charge in [0.25, 0.3) is 0 Å². The molecule has 0 saturated heterocycles. The number of benzene rings is 1. The second-order valence-corrected chi connectivity index (χ2v) is 4.91. The average Bonchev–Trinajstić information content (AvgIpc) is 2.33. The Kier molecular flexibility index (Phi) is 3.50. The molecule has 0 aliphatic rings. The van der Waals surface area contributed by atoms with Gasteiger partial charge in [-0.05, 0) is 31.5 Å². The largest absolute Gasteiger partial charge is 0.459 e. The third kappa shape index (κ3) is 2.06. The number of aryl methyl sites for hydroxylation is 2. The summed E-state index contributed by atoms with van der Waals surface area (Å²) < 4.78 is 5.73. The van der Waals surface area contributed by atoms with Gasteiger partial charge in [-0.3, -0.25) is 4.79 Å². The highest BCUT2D eigenvalue weighted by Gasteiger charge is 2.16. The topological polar surface area (TPSA) is 50.4 Å². The predicted octanol–water partition coefficient (Wildman–Crippen LogP) is 3.01. The lowest BCUT2D eigenvalue weighted by atomic mass is 10.0. The van der Waals surface area contributed by atoms with E-state index in [0.29, 0.717) is 33.6 Å². The Morgan fingerprint density at radius 3 is 2.67 bits per heavy atom. The van der Waals surface area contributed by atoms with Gasteiger partial charge in [-0.2, -0.15) is 0 Å². The molecular formula is C14H16O3S. The first-order valence-corrected chi connectivity index (χ1v) is 6.37. The van der Waals surface area contributed by atoms with Crippen molar-refractivity contribution in [1.82, 2.24) is 0 Å². The maximum Gasteiger partial charge on any atom is 0.206 e. The molecule has 1 aromatic carbocycles. The lowest BCUT2D eigenvalue weighted by molar-refractivity contribution is 0.199. The van der Waals surface area contributed by atoms with Gasteiger partial charge in [0.2, 0.25) is 5.43 Å². The van der Waals surface area contributed by atoms with E-state index >= 15 is 0 Å². The molecule has 0 radical (unpaired) electrons. The Morgan fingerprint density at radius 1 is 1.44 bits per heavy atom. The first-order chi connectivity index (χ1) is 8.45. The van der Waals surface area contributed by atoms with Crippen LogP contribution in [0.3, 0.4) is 0 Å². The molecule has 0 saturated carbocycles. The van der Waals surface area contributed by atoms with Gasteiger partial charge in [0, 0.05) is 12.0 Å². The number of hydrogen-bond acceptors (Lipinski definition) is 4. The molecule has 3 nitrogen and oxygen atoms in total. The van der Waals surface area contributed by atoms with Crippen LogP contribution in [-0.2, 0) is 6.42 Å². The van der Waals surface area contributed by atoms with Crippen molar-refractivity contribution in [3.8, 4) is 0 Å². The summed E-state index contributed by atoms with van der Waals surface area (Å²) in [6.07, 6.45) is -0.0806. The van der Waals surface area contributed by atoms with Gasteiger partial charge in [0.15, 0.2) is 0 Å². The molecule has 96 valence electrons. The molecule has 2 aromatic rings. The minimum absolute atomic E-state index is 0.137. The van der Waals surface area contributed by atoms with Gasteiger partial charge in [-0.25, -0.2) is 0 Å². The molecule has 1 N–H and O–H groups in total. The number of aliphatic hydroxyl groups is 1. The molecule has 0 amide bonds. The summed E-state index contributed by atoms with van der Waals surface area (Å²) in [6, 6.07) is 3.61. The Balaban J connectivity index is 2.97. The molecule has 1 aromatic heterocycles. The quantitative estimate of drug-likeness (QED) is 0.820. The SMILES string of the molecule is CCc1oc2c(C(C)O)cc(C)cc2c(=O)c1S. The highest BCUT2D eigenvalue weighted by molar-refractivity contribution is 7.80. The summed E-state index contributed by atoms with van der Waals surface area (Å²) in [5.41, 5.74) is 1.89. The van der Waals surface area contributed by atoms with Crippen molar-refractivity contribution < 1.29 is 9.52 Å². The first kappa shape index (κ1) is 13.2. The summed E-state index contributed by atoms with van der Waals surface area (Å²) in [7, 11) is 0. The van der Waals surface area contributed by atoms with Crippen molar-refractivity contribution in [3.63, 3.8) is 0 Å². The normalized spacial score (nSPS) is 12.9. The van der Waals surface area contributed by atoms with Crippen LogP contribution in [0.4, 0.5) is 0 Å². The summed E-state index contributed by atoms with van der Waals surface area (Å²) in [4.78, 5) is 12.6. The van der Waals surface area contributed by atoms with Crippen LogP contribution in [0.5, 0.6) is 0 Å². The van der Waals surface area contributed by atoms with Gasteiger partial charge in [-0.1, -0.05) is 6.92 Å². The zero-order valence-corrected chi connectivity index (χ0v) is 11.5. The second-order valence-electron chi connectivity index (χ2n) is 4.46. The minimum Gasteiger partial charge on any atom is -0.459 e. The van der Waals surface area contributed by atoms with E-state index in [1.54, 1.807) is 13.0 Å². The van der Waals surface area contributed by atoms with E-state index in [1.807, 2.05) is 19.9 Å². The Labute approximate surface area is 111 Å². The molecule has 0 aliphatic heterocycles.